The molecule has 2 atom stereocenters. The Bertz CT molecular complexity index is 600. The molecule has 5 nitrogen and oxygen atoms in total. The fourth-order valence-corrected chi connectivity index (χ4v) is 2.87. The number of anilines is 1. The van der Waals surface area contributed by atoms with E-state index in [1.54, 1.807) is 13.0 Å². The summed E-state index contributed by atoms with van der Waals surface area (Å²) in [5.74, 6) is -2.46. The highest BCUT2D eigenvalue weighted by Crippen LogP contribution is 2.41. The van der Waals surface area contributed by atoms with E-state index in [4.69, 9.17) is 5.73 Å². The highest BCUT2D eigenvalue weighted by Gasteiger charge is 2.52. The molecular formula is C14H17F3N4O. The second kappa shape index (κ2) is 5.10. The van der Waals surface area contributed by atoms with Crippen LogP contribution >= 0.6 is 0 Å². The molecule has 0 unspecified atom stereocenters. The average Bonchev–Trinajstić information content (AvgIpc) is 3.14. The summed E-state index contributed by atoms with van der Waals surface area (Å²) in [6.07, 6.45) is -2.42. The van der Waals surface area contributed by atoms with Gasteiger partial charge in [-0.05, 0) is 19.8 Å². The number of hydrogen-bond acceptors (Lipinski definition) is 4. The van der Waals surface area contributed by atoms with Crippen LogP contribution in [0.3, 0.4) is 0 Å². The minimum absolute atomic E-state index is 0.0555. The fraction of sp³-hybridized carbons (Fsp3) is 0.643. The SMILES string of the molecule is Cc1cc(N2C[C@H](C(N)=O)[C@@H](C(F)(F)F)C2)nc(C2CC2)n1. The molecule has 1 aromatic rings. The first kappa shape index (κ1) is 15.1. The molecule has 120 valence electrons. The lowest BCUT2D eigenvalue weighted by Gasteiger charge is -2.19. The van der Waals surface area contributed by atoms with Gasteiger partial charge < -0.3 is 10.6 Å². The van der Waals surface area contributed by atoms with Crippen molar-refractivity contribution < 1.29 is 18.0 Å². The zero-order valence-corrected chi connectivity index (χ0v) is 12.1. The Morgan fingerprint density at radius 2 is 2.00 bits per heavy atom. The molecule has 1 aromatic heterocycles. The van der Waals surface area contributed by atoms with Gasteiger partial charge in [-0.15, -0.1) is 0 Å². The number of aryl methyl sites for hydroxylation is 1. The van der Waals surface area contributed by atoms with E-state index in [0.29, 0.717) is 17.6 Å². The highest BCUT2D eigenvalue weighted by molar-refractivity contribution is 5.78. The van der Waals surface area contributed by atoms with Gasteiger partial charge in [-0.2, -0.15) is 13.2 Å². The van der Waals surface area contributed by atoms with Gasteiger partial charge in [-0.25, -0.2) is 9.97 Å². The minimum atomic E-state index is -4.45. The Morgan fingerprint density at radius 3 is 2.50 bits per heavy atom. The Hall–Kier alpha value is -1.86. The molecule has 1 saturated heterocycles. The summed E-state index contributed by atoms with van der Waals surface area (Å²) in [7, 11) is 0. The van der Waals surface area contributed by atoms with Crippen LogP contribution in [-0.4, -0.2) is 35.1 Å². The van der Waals surface area contributed by atoms with Gasteiger partial charge in [0.2, 0.25) is 5.91 Å². The van der Waals surface area contributed by atoms with Gasteiger partial charge in [0, 0.05) is 30.8 Å². The van der Waals surface area contributed by atoms with E-state index >= 15 is 0 Å². The zero-order chi connectivity index (χ0) is 16.1. The lowest BCUT2D eigenvalue weighted by molar-refractivity contribution is -0.181. The third-order valence-electron chi connectivity index (χ3n) is 4.23. The summed E-state index contributed by atoms with van der Waals surface area (Å²) in [6.45, 7) is 1.44. The van der Waals surface area contributed by atoms with Gasteiger partial charge in [-0.3, -0.25) is 4.79 Å². The first-order valence-electron chi connectivity index (χ1n) is 7.22. The van der Waals surface area contributed by atoms with Crippen molar-refractivity contribution in [2.45, 2.75) is 31.9 Å². The molecule has 0 radical (unpaired) electrons. The van der Waals surface area contributed by atoms with E-state index in [1.807, 2.05) is 0 Å². The molecule has 0 bridgehead atoms. The van der Waals surface area contributed by atoms with Crippen molar-refractivity contribution in [1.29, 1.82) is 0 Å². The van der Waals surface area contributed by atoms with Crippen LogP contribution in [0.15, 0.2) is 6.07 Å². The van der Waals surface area contributed by atoms with E-state index in [0.717, 1.165) is 18.5 Å². The molecule has 3 rings (SSSR count). The Kier molecular flexibility index (Phi) is 3.49. The number of primary amides is 1. The summed E-state index contributed by atoms with van der Waals surface area (Å²) in [4.78, 5) is 21.6. The van der Waals surface area contributed by atoms with Gasteiger partial charge in [0.25, 0.3) is 0 Å². The third kappa shape index (κ3) is 2.86. The lowest BCUT2D eigenvalue weighted by Crippen LogP contribution is -2.37. The Labute approximate surface area is 125 Å². The Balaban J connectivity index is 1.88. The average molecular weight is 314 g/mol. The predicted octanol–water partition coefficient (Wildman–Crippen LogP) is 1.76. The number of halogens is 3. The molecule has 1 saturated carbocycles. The molecule has 2 heterocycles. The molecule has 2 aliphatic rings. The van der Waals surface area contributed by atoms with E-state index < -0.39 is 23.9 Å². The van der Waals surface area contributed by atoms with E-state index in [2.05, 4.69) is 9.97 Å². The number of alkyl halides is 3. The van der Waals surface area contributed by atoms with Crippen LogP contribution < -0.4 is 10.6 Å². The summed E-state index contributed by atoms with van der Waals surface area (Å²) in [5, 5.41) is 0. The maximum Gasteiger partial charge on any atom is 0.394 e. The van der Waals surface area contributed by atoms with Crippen molar-refractivity contribution >= 4 is 11.7 Å². The van der Waals surface area contributed by atoms with E-state index in [9.17, 15) is 18.0 Å². The first-order chi connectivity index (χ1) is 10.3. The van der Waals surface area contributed by atoms with Crippen LogP contribution in [0, 0.1) is 18.8 Å². The quantitative estimate of drug-likeness (QED) is 0.923. The molecule has 0 aromatic carbocycles. The molecule has 1 amide bonds. The number of nitrogens with two attached hydrogens (primary N) is 1. The molecule has 1 aliphatic carbocycles. The fourth-order valence-electron chi connectivity index (χ4n) is 2.87. The minimum Gasteiger partial charge on any atom is -0.369 e. The van der Waals surface area contributed by atoms with E-state index in [-0.39, 0.29) is 13.1 Å². The van der Waals surface area contributed by atoms with Gasteiger partial charge >= 0.3 is 6.18 Å². The molecule has 22 heavy (non-hydrogen) atoms. The molecule has 2 fully saturated rings. The van der Waals surface area contributed by atoms with Crippen LogP contribution in [0.4, 0.5) is 19.0 Å². The van der Waals surface area contributed by atoms with Crippen LogP contribution in [0.2, 0.25) is 0 Å². The standard InChI is InChI=1S/C14H17F3N4O/c1-7-4-11(20-13(19-7)8-2-3-8)21-5-9(12(18)22)10(6-21)14(15,16)17/h4,8-10H,2-3,5-6H2,1H3,(H2,18,22)/t9-,10-/m0/s1. The summed E-state index contributed by atoms with van der Waals surface area (Å²) in [6, 6.07) is 1.66. The molecule has 2 N–H and O–H groups in total. The molecule has 0 spiro atoms. The van der Waals surface area contributed by atoms with Gasteiger partial charge in [0.15, 0.2) is 0 Å². The number of carbonyl (C=O) groups excluding carboxylic acids is 1. The third-order valence-corrected chi connectivity index (χ3v) is 4.23. The summed E-state index contributed by atoms with van der Waals surface area (Å²) >= 11 is 0. The number of rotatable bonds is 3. The maximum absolute atomic E-state index is 13.1. The molecule has 1 aliphatic heterocycles. The van der Waals surface area contributed by atoms with Crippen molar-refractivity contribution in [3.63, 3.8) is 0 Å². The number of carbonyl (C=O) groups is 1. The van der Waals surface area contributed by atoms with Crippen LogP contribution in [0.5, 0.6) is 0 Å². The normalized spacial score (nSPS) is 25.5. The highest BCUT2D eigenvalue weighted by atomic mass is 19.4. The predicted molar refractivity (Wildman–Crippen MR) is 73.2 cm³/mol. The zero-order valence-electron chi connectivity index (χ0n) is 12.1. The molecule has 8 heteroatoms. The van der Waals surface area contributed by atoms with Crippen LogP contribution in [0.25, 0.3) is 0 Å². The monoisotopic (exact) mass is 314 g/mol. The smallest absolute Gasteiger partial charge is 0.369 e. The Morgan fingerprint density at radius 1 is 1.32 bits per heavy atom. The van der Waals surface area contributed by atoms with Crippen LogP contribution in [0.1, 0.15) is 30.3 Å². The largest absolute Gasteiger partial charge is 0.394 e. The van der Waals surface area contributed by atoms with Gasteiger partial charge in [0.1, 0.15) is 11.6 Å². The number of amides is 1. The van der Waals surface area contributed by atoms with Crippen LogP contribution in [-0.2, 0) is 4.79 Å². The summed E-state index contributed by atoms with van der Waals surface area (Å²) in [5.41, 5.74) is 5.87. The van der Waals surface area contributed by atoms with Gasteiger partial charge in [-0.1, -0.05) is 0 Å². The summed E-state index contributed by atoms with van der Waals surface area (Å²) < 4.78 is 39.3. The number of hydrogen-bond donors (Lipinski definition) is 1. The number of nitrogens with zero attached hydrogens (tertiary/aromatic N) is 3. The molecular weight excluding hydrogens is 297 g/mol. The van der Waals surface area contributed by atoms with Gasteiger partial charge in [0.05, 0.1) is 11.8 Å². The maximum atomic E-state index is 13.1. The van der Waals surface area contributed by atoms with Crippen molar-refractivity contribution in [3.05, 3.63) is 17.6 Å². The van der Waals surface area contributed by atoms with Crippen molar-refractivity contribution in [2.75, 3.05) is 18.0 Å². The van der Waals surface area contributed by atoms with Crippen molar-refractivity contribution in [2.24, 2.45) is 17.6 Å². The van der Waals surface area contributed by atoms with Crippen molar-refractivity contribution in [3.8, 4) is 0 Å². The van der Waals surface area contributed by atoms with Crippen molar-refractivity contribution in [1.82, 2.24) is 9.97 Å². The topological polar surface area (TPSA) is 72.1 Å². The lowest BCUT2D eigenvalue weighted by atomic mass is 9.95. The van der Waals surface area contributed by atoms with E-state index in [1.165, 1.54) is 4.90 Å². The second-order valence-corrected chi connectivity index (χ2v) is 6.06. The first-order valence-corrected chi connectivity index (χ1v) is 7.22. The second-order valence-electron chi connectivity index (χ2n) is 6.06. The number of aromatic nitrogens is 2.